The van der Waals surface area contributed by atoms with Crippen LogP contribution in [0.4, 0.5) is 21.5 Å². The third kappa shape index (κ3) is 4.24. The smallest absolute Gasteiger partial charge is 0.278 e. The van der Waals surface area contributed by atoms with Gasteiger partial charge in [0.2, 0.25) is 0 Å². The van der Waals surface area contributed by atoms with E-state index in [0.717, 1.165) is 28.2 Å². The maximum absolute atomic E-state index is 13.3. The zero-order valence-corrected chi connectivity index (χ0v) is 19.0. The number of nitrogen functional groups attached to an aromatic ring is 1. The number of azo groups is 1. The number of hydrogen-bond acceptors (Lipinski definition) is 5. The average molecular weight is 454 g/mol. The predicted octanol–water partition coefficient (Wildman–Crippen LogP) is 6.50. The van der Waals surface area contributed by atoms with Crippen molar-refractivity contribution in [1.82, 2.24) is 9.78 Å². The number of nitrogens with two attached hydrogens (primary N) is 1. The average Bonchev–Trinajstić information content (AvgIpc) is 3.05. The van der Waals surface area contributed by atoms with Gasteiger partial charge in [0.15, 0.2) is 0 Å². The van der Waals surface area contributed by atoms with Gasteiger partial charge in [-0.05, 0) is 77.9 Å². The van der Waals surface area contributed by atoms with Crippen LogP contribution in [0, 0.1) is 11.2 Å². The molecule has 170 valence electrons. The van der Waals surface area contributed by atoms with Crippen molar-refractivity contribution in [3.63, 3.8) is 0 Å². The molecule has 0 saturated carbocycles. The number of hydrogen-bond donors (Lipinski definition) is 1. The Morgan fingerprint density at radius 2 is 1.53 bits per heavy atom. The fourth-order valence-electron chi connectivity index (χ4n) is 4.24. The molecule has 2 bridgehead atoms. The highest BCUT2D eigenvalue weighted by Gasteiger charge is 2.35. The Labute approximate surface area is 197 Å². The highest BCUT2D eigenvalue weighted by Crippen LogP contribution is 2.41. The molecule has 2 N–H and O–H groups in total. The van der Waals surface area contributed by atoms with E-state index in [4.69, 9.17) is 5.73 Å². The lowest BCUT2D eigenvalue weighted by atomic mass is 9.79. The lowest BCUT2D eigenvalue weighted by molar-refractivity contribution is 0.0941. The Bertz CT molecular complexity index is 1380. The quantitative estimate of drug-likeness (QED) is 0.283. The normalized spacial score (nSPS) is 14.4. The van der Waals surface area contributed by atoms with Gasteiger partial charge in [-0.3, -0.25) is 4.79 Å². The predicted molar refractivity (Wildman–Crippen MR) is 130 cm³/mol. The van der Waals surface area contributed by atoms with Crippen LogP contribution in [0.25, 0.3) is 11.1 Å². The van der Waals surface area contributed by atoms with E-state index < -0.39 is 0 Å². The van der Waals surface area contributed by atoms with Crippen LogP contribution in [0.1, 0.15) is 35.6 Å². The lowest BCUT2D eigenvalue weighted by Gasteiger charge is -2.26. The molecule has 1 aromatic heterocycles. The molecular weight excluding hydrogens is 429 g/mol. The van der Waals surface area contributed by atoms with Gasteiger partial charge in [-0.2, -0.15) is 14.9 Å². The van der Waals surface area contributed by atoms with Crippen molar-refractivity contribution in [3.05, 3.63) is 95.6 Å². The van der Waals surface area contributed by atoms with Gasteiger partial charge in [-0.1, -0.05) is 38.1 Å². The largest absolute Gasteiger partial charge is 0.399 e. The van der Waals surface area contributed by atoms with E-state index in [0.29, 0.717) is 29.8 Å². The summed E-state index contributed by atoms with van der Waals surface area (Å²) in [6, 6.07) is 21.0. The molecule has 1 heterocycles. The number of carbonyl (C=O) groups is 1. The fourth-order valence-corrected chi connectivity index (χ4v) is 4.24. The molecule has 0 amide bonds. The van der Waals surface area contributed by atoms with Gasteiger partial charge >= 0.3 is 0 Å². The first kappa shape index (κ1) is 21.7. The minimum absolute atomic E-state index is 0.0499. The minimum Gasteiger partial charge on any atom is -0.399 e. The van der Waals surface area contributed by atoms with Crippen LogP contribution in [-0.2, 0) is 12.8 Å². The number of nitrogens with zero attached hydrogens (tertiary/aromatic N) is 4. The summed E-state index contributed by atoms with van der Waals surface area (Å²) < 4.78 is 14.7. The van der Waals surface area contributed by atoms with E-state index in [-0.39, 0.29) is 17.1 Å². The summed E-state index contributed by atoms with van der Waals surface area (Å²) in [6.45, 7) is 4.27. The number of aromatic nitrogens is 2. The maximum Gasteiger partial charge on any atom is 0.278 e. The molecule has 0 radical (unpaired) electrons. The summed E-state index contributed by atoms with van der Waals surface area (Å²) in [7, 11) is 0. The van der Waals surface area contributed by atoms with Gasteiger partial charge in [0.1, 0.15) is 11.5 Å². The molecule has 4 aromatic rings. The second-order valence-corrected chi connectivity index (χ2v) is 9.35. The third-order valence-electron chi connectivity index (χ3n) is 5.98. The van der Waals surface area contributed by atoms with E-state index in [1.165, 1.54) is 28.9 Å². The first-order valence-electron chi connectivity index (χ1n) is 11.1. The molecule has 1 aliphatic rings. The number of carbonyl (C=O) groups excluding carboxylic acids is 1. The van der Waals surface area contributed by atoms with Crippen molar-refractivity contribution < 1.29 is 9.18 Å². The number of fused-ring (bicyclic) bond motifs is 2. The molecule has 5 rings (SSSR count). The number of anilines is 1. The van der Waals surface area contributed by atoms with Crippen molar-refractivity contribution in [3.8, 4) is 11.1 Å². The highest BCUT2D eigenvalue weighted by molar-refractivity contribution is 5.96. The van der Waals surface area contributed by atoms with Gasteiger partial charge in [-0.25, -0.2) is 4.39 Å². The summed E-state index contributed by atoms with van der Waals surface area (Å²) in [5.41, 5.74) is 11.7. The van der Waals surface area contributed by atoms with Crippen molar-refractivity contribution in [2.45, 2.75) is 26.7 Å². The molecule has 34 heavy (non-hydrogen) atoms. The summed E-state index contributed by atoms with van der Waals surface area (Å²) in [4.78, 5) is 13.1. The Kier molecular flexibility index (Phi) is 5.32. The molecular formula is C27H24FN5O. The molecule has 1 aliphatic carbocycles. The maximum atomic E-state index is 13.3. The molecule has 0 saturated heterocycles. The monoisotopic (exact) mass is 453 g/mol. The van der Waals surface area contributed by atoms with Crippen LogP contribution in [-0.4, -0.2) is 15.7 Å². The van der Waals surface area contributed by atoms with Crippen molar-refractivity contribution in [2.24, 2.45) is 15.6 Å². The second-order valence-electron chi connectivity index (χ2n) is 9.35. The second kappa shape index (κ2) is 8.33. The standard InChI is InChI=1S/C27H24FN5O/c1-27(2)15-23-25(24(16-27)33(32-23)26(34)19-3-9-20(28)10-4-19)31-30-22-13-7-18(8-14-22)17-5-11-21(29)12-6-17/h3-14H,15-16,29H2,1-2H3. The zero-order chi connectivity index (χ0) is 23.9. The molecule has 0 fully saturated rings. The van der Waals surface area contributed by atoms with Crippen LogP contribution in [0.3, 0.4) is 0 Å². The summed E-state index contributed by atoms with van der Waals surface area (Å²) in [5, 5.41) is 13.5. The van der Waals surface area contributed by atoms with Crippen LogP contribution < -0.4 is 5.73 Å². The van der Waals surface area contributed by atoms with E-state index in [1.807, 2.05) is 48.5 Å². The molecule has 0 spiro atoms. The Balaban J connectivity index is 1.44. The van der Waals surface area contributed by atoms with Crippen LogP contribution >= 0.6 is 0 Å². The van der Waals surface area contributed by atoms with Gasteiger partial charge in [0.05, 0.1) is 17.1 Å². The Morgan fingerprint density at radius 1 is 0.912 bits per heavy atom. The van der Waals surface area contributed by atoms with Crippen molar-refractivity contribution in [2.75, 3.05) is 5.73 Å². The number of benzene rings is 3. The van der Waals surface area contributed by atoms with E-state index in [1.54, 1.807) is 0 Å². The number of rotatable bonds is 4. The first-order valence-corrected chi connectivity index (χ1v) is 11.1. The SMILES string of the molecule is CC1(C)Cc2nn(C(=O)c3ccc(F)cc3)c(c2N=Nc2ccc(-c3ccc(N)cc3)cc2)C1. The minimum atomic E-state index is -0.389. The molecule has 0 aliphatic heterocycles. The van der Waals surface area contributed by atoms with Crippen molar-refractivity contribution in [1.29, 1.82) is 0 Å². The molecule has 7 heteroatoms. The Morgan fingerprint density at radius 3 is 2.18 bits per heavy atom. The summed E-state index contributed by atoms with van der Waals surface area (Å²) in [5.74, 6) is -0.691. The highest BCUT2D eigenvalue weighted by atomic mass is 19.1. The molecule has 3 aromatic carbocycles. The molecule has 6 nitrogen and oxygen atoms in total. The van der Waals surface area contributed by atoms with Crippen LogP contribution in [0.5, 0.6) is 0 Å². The lowest BCUT2D eigenvalue weighted by Crippen LogP contribution is -2.23. The van der Waals surface area contributed by atoms with E-state index >= 15 is 0 Å². The fraction of sp³-hybridized carbons (Fsp3) is 0.185. The van der Waals surface area contributed by atoms with Crippen LogP contribution in [0.15, 0.2) is 83.0 Å². The summed E-state index contributed by atoms with van der Waals surface area (Å²) in [6.07, 6.45) is 1.32. The van der Waals surface area contributed by atoms with E-state index in [2.05, 4.69) is 29.2 Å². The van der Waals surface area contributed by atoms with Crippen LogP contribution in [0.2, 0.25) is 0 Å². The van der Waals surface area contributed by atoms with Gasteiger partial charge in [-0.15, -0.1) is 5.11 Å². The first-order chi connectivity index (χ1) is 16.3. The topological polar surface area (TPSA) is 85.6 Å². The van der Waals surface area contributed by atoms with Gasteiger partial charge < -0.3 is 5.73 Å². The molecule has 0 atom stereocenters. The van der Waals surface area contributed by atoms with Gasteiger partial charge in [0, 0.05) is 11.3 Å². The van der Waals surface area contributed by atoms with Gasteiger partial charge in [0.25, 0.3) is 5.91 Å². The zero-order valence-electron chi connectivity index (χ0n) is 19.0. The van der Waals surface area contributed by atoms with Crippen molar-refractivity contribution >= 4 is 23.0 Å². The third-order valence-corrected chi connectivity index (χ3v) is 5.98. The van der Waals surface area contributed by atoms with E-state index in [9.17, 15) is 9.18 Å². The number of halogens is 1. The summed E-state index contributed by atoms with van der Waals surface area (Å²) >= 11 is 0. The Hall–Kier alpha value is -4.13. The molecule has 0 unspecified atom stereocenters.